The van der Waals surface area contributed by atoms with Crippen molar-refractivity contribution in [1.82, 2.24) is 25.1 Å². The van der Waals surface area contributed by atoms with Gasteiger partial charge in [-0.2, -0.15) is 4.68 Å². The van der Waals surface area contributed by atoms with E-state index in [9.17, 15) is 4.79 Å². The average Bonchev–Trinajstić information content (AvgIpc) is 3.38. The quantitative estimate of drug-likeness (QED) is 0.711. The van der Waals surface area contributed by atoms with Gasteiger partial charge in [-0.15, -0.1) is 5.10 Å². The van der Waals surface area contributed by atoms with Crippen LogP contribution in [0.5, 0.6) is 0 Å². The van der Waals surface area contributed by atoms with Crippen molar-refractivity contribution in [2.24, 2.45) is 5.92 Å². The van der Waals surface area contributed by atoms with Gasteiger partial charge in [0.15, 0.2) is 0 Å². The van der Waals surface area contributed by atoms with Crippen LogP contribution in [0.3, 0.4) is 0 Å². The lowest BCUT2D eigenvalue weighted by atomic mass is 9.86. The Morgan fingerprint density at radius 1 is 1.19 bits per heavy atom. The van der Waals surface area contributed by atoms with Gasteiger partial charge in [0.05, 0.1) is 11.4 Å². The monoisotopic (exact) mass is 385 g/mol. The first-order valence-corrected chi connectivity index (χ1v) is 10.9. The molecule has 1 aromatic heterocycles. The summed E-state index contributed by atoms with van der Waals surface area (Å²) >= 11 is 1.44. The molecule has 0 bridgehead atoms. The minimum atomic E-state index is 0.237. The molecule has 0 spiro atoms. The van der Waals surface area contributed by atoms with Gasteiger partial charge in [0.1, 0.15) is 0 Å². The molecular formula is C20H27N5OS. The molecule has 0 N–H and O–H groups in total. The van der Waals surface area contributed by atoms with Crippen LogP contribution in [-0.4, -0.2) is 48.9 Å². The SMILES string of the molecule is Cc1cccc(-n2nnnc2SCC(=O)N(C2CCC(C)CC2)C2CC2)c1. The van der Waals surface area contributed by atoms with Gasteiger partial charge in [0, 0.05) is 12.1 Å². The maximum atomic E-state index is 13.0. The topological polar surface area (TPSA) is 63.9 Å². The predicted octanol–water partition coefficient (Wildman–Crippen LogP) is 3.63. The second kappa shape index (κ2) is 8.00. The summed E-state index contributed by atoms with van der Waals surface area (Å²) in [7, 11) is 0. The predicted molar refractivity (Wildman–Crippen MR) is 106 cm³/mol. The van der Waals surface area contributed by atoms with Gasteiger partial charge in [-0.05, 0) is 79.5 Å². The maximum absolute atomic E-state index is 13.0. The van der Waals surface area contributed by atoms with Crippen molar-refractivity contribution in [1.29, 1.82) is 0 Å². The molecule has 4 rings (SSSR count). The number of aryl methyl sites for hydroxylation is 1. The van der Waals surface area contributed by atoms with Crippen LogP contribution >= 0.6 is 11.8 Å². The van der Waals surface area contributed by atoms with Crippen LogP contribution in [0, 0.1) is 12.8 Å². The zero-order chi connectivity index (χ0) is 18.8. The molecule has 0 atom stereocenters. The second-order valence-corrected chi connectivity index (χ2v) is 8.89. The van der Waals surface area contributed by atoms with Crippen LogP contribution < -0.4 is 0 Å². The second-order valence-electron chi connectivity index (χ2n) is 7.95. The normalized spacial score (nSPS) is 22.6. The molecule has 6 nitrogen and oxygen atoms in total. The van der Waals surface area contributed by atoms with E-state index in [1.165, 1.54) is 24.6 Å². The molecular weight excluding hydrogens is 358 g/mol. The third-order valence-corrected chi connectivity index (χ3v) is 6.52. The van der Waals surface area contributed by atoms with E-state index in [2.05, 4.69) is 27.3 Å². The third kappa shape index (κ3) is 4.34. The van der Waals surface area contributed by atoms with Crippen molar-refractivity contribution in [3.63, 3.8) is 0 Å². The molecule has 2 saturated carbocycles. The van der Waals surface area contributed by atoms with E-state index in [1.54, 1.807) is 4.68 Å². The molecule has 0 unspecified atom stereocenters. The molecule has 0 saturated heterocycles. The minimum absolute atomic E-state index is 0.237. The van der Waals surface area contributed by atoms with Crippen LogP contribution in [-0.2, 0) is 4.79 Å². The summed E-state index contributed by atoms with van der Waals surface area (Å²) in [5.41, 5.74) is 2.08. The number of nitrogens with zero attached hydrogens (tertiary/aromatic N) is 5. The Morgan fingerprint density at radius 3 is 2.56 bits per heavy atom. The van der Waals surface area contributed by atoms with E-state index in [0.29, 0.717) is 23.0 Å². The zero-order valence-electron chi connectivity index (χ0n) is 16.0. The Bertz CT molecular complexity index is 795. The fourth-order valence-corrected chi connectivity index (χ4v) is 4.73. The zero-order valence-corrected chi connectivity index (χ0v) is 16.9. The number of tetrazole rings is 1. The van der Waals surface area contributed by atoms with Gasteiger partial charge < -0.3 is 4.90 Å². The van der Waals surface area contributed by atoms with Crippen molar-refractivity contribution in [2.45, 2.75) is 69.6 Å². The van der Waals surface area contributed by atoms with Crippen LogP contribution in [0.4, 0.5) is 0 Å². The van der Waals surface area contributed by atoms with Gasteiger partial charge in [-0.25, -0.2) is 0 Å². The number of amides is 1. The number of carbonyl (C=O) groups is 1. The lowest BCUT2D eigenvalue weighted by Gasteiger charge is -2.36. The summed E-state index contributed by atoms with van der Waals surface area (Å²) in [5.74, 6) is 1.43. The summed E-state index contributed by atoms with van der Waals surface area (Å²) in [4.78, 5) is 15.2. The Balaban J connectivity index is 1.42. The third-order valence-electron chi connectivity index (χ3n) is 5.62. The van der Waals surface area contributed by atoms with E-state index in [-0.39, 0.29) is 5.91 Å². The van der Waals surface area contributed by atoms with E-state index < -0.39 is 0 Å². The number of hydrogen-bond acceptors (Lipinski definition) is 5. The van der Waals surface area contributed by atoms with Crippen molar-refractivity contribution < 1.29 is 4.79 Å². The van der Waals surface area contributed by atoms with Gasteiger partial charge in [0.25, 0.3) is 0 Å². The Kier molecular flexibility index (Phi) is 5.48. The summed E-state index contributed by atoms with van der Waals surface area (Å²) in [5, 5.41) is 12.7. The van der Waals surface area contributed by atoms with E-state index in [0.717, 1.165) is 42.9 Å². The molecule has 27 heavy (non-hydrogen) atoms. The molecule has 1 heterocycles. The number of hydrogen-bond donors (Lipinski definition) is 0. The standard InChI is InChI=1S/C20H27N5OS/c1-14-6-8-16(9-7-14)24(17-10-11-17)19(26)13-27-20-21-22-23-25(20)18-5-3-4-15(2)12-18/h3-5,12,14,16-17H,6-11,13H2,1-2H3. The van der Waals surface area contributed by atoms with E-state index in [1.807, 2.05) is 31.2 Å². The number of rotatable bonds is 6. The molecule has 2 aliphatic rings. The smallest absolute Gasteiger partial charge is 0.233 e. The minimum Gasteiger partial charge on any atom is -0.336 e. The highest BCUT2D eigenvalue weighted by Crippen LogP contribution is 2.36. The first-order chi connectivity index (χ1) is 13.1. The van der Waals surface area contributed by atoms with Crippen LogP contribution in [0.2, 0.25) is 0 Å². The first-order valence-electron chi connectivity index (χ1n) is 9.91. The Morgan fingerprint density at radius 2 is 1.89 bits per heavy atom. The van der Waals surface area contributed by atoms with Crippen LogP contribution in [0.1, 0.15) is 51.0 Å². The molecule has 144 valence electrons. The maximum Gasteiger partial charge on any atom is 0.233 e. The number of carbonyl (C=O) groups excluding carboxylic acids is 1. The van der Waals surface area contributed by atoms with Crippen LogP contribution in [0.25, 0.3) is 5.69 Å². The molecule has 2 fully saturated rings. The lowest BCUT2D eigenvalue weighted by Crippen LogP contribution is -2.44. The number of thioether (sulfide) groups is 1. The van der Waals surface area contributed by atoms with E-state index in [4.69, 9.17) is 0 Å². The molecule has 1 amide bonds. The molecule has 1 aromatic carbocycles. The molecule has 0 aliphatic heterocycles. The fourth-order valence-electron chi connectivity index (χ4n) is 3.97. The van der Waals surface area contributed by atoms with Crippen molar-refractivity contribution >= 4 is 17.7 Å². The Hall–Kier alpha value is -1.89. The summed E-state index contributed by atoms with van der Waals surface area (Å²) in [6.45, 7) is 4.36. The number of aromatic nitrogens is 4. The highest BCUT2D eigenvalue weighted by Gasteiger charge is 2.38. The summed E-state index contributed by atoms with van der Waals surface area (Å²) < 4.78 is 1.72. The number of benzene rings is 1. The van der Waals surface area contributed by atoms with Gasteiger partial charge in [-0.3, -0.25) is 4.79 Å². The summed E-state index contributed by atoms with van der Waals surface area (Å²) in [6.07, 6.45) is 7.08. The highest BCUT2D eigenvalue weighted by atomic mass is 32.2. The van der Waals surface area contributed by atoms with E-state index >= 15 is 0 Å². The highest BCUT2D eigenvalue weighted by molar-refractivity contribution is 7.99. The molecule has 2 aromatic rings. The van der Waals surface area contributed by atoms with Crippen molar-refractivity contribution in [3.05, 3.63) is 29.8 Å². The van der Waals surface area contributed by atoms with Crippen molar-refractivity contribution in [3.8, 4) is 5.69 Å². The average molecular weight is 386 g/mol. The molecule has 7 heteroatoms. The van der Waals surface area contributed by atoms with Gasteiger partial charge in [0.2, 0.25) is 11.1 Å². The lowest BCUT2D eigenvalue weighted by molar-refractivity contribution is -0.132. The van der Waals surface area contributed by atoms with Crippen LogP contribution in [0.15, 0.2) is 29.4 Å². The first kappa shape index (κ1) is 18.5. The molecule has 2 aliphatic carbocycles. The molecule has 0 radical (unpaired) electrons. The Labute approximate surface area is 164 Å². The van der Waals surface area contributed by atoms with Crippen molar-refractivity contribution in [2.75, 3.05) is 5.75 Å². The fraction of sp³-hybridized carbons (Fsp3) is 0.600. The van der Waals surface area contributed by atoms with Gasteiger partial charge in [-0.1, -0.05) is 30.8 Å². The van der Waals surface area contributed by atoms with Gasteiger partial charge >= 0.3 is 0 Å². The summed E-state index contributed by atoms with van der Waals surface area (Å²) in [6, 6.07) is 8.95. The largest absolute Gasteiger partial charge is 0.336 e.